The van der Waals surface area contributed by atoms with Crippen LogP contribution in [-0.2, 0) is 11.3 Å². The van der Waals surface area contributed by atoms with Crippen molar-refractivity contribution in [3.63, 3.8) is 0 Å². The summed E-state index contributed by atoms with van der Waals surface area (Å²) >= 11 is 5.01. The molecule has 0 saturated carbocycles. The number of morpholine rings is 1. The van der Waals surface area contributed by atoms with Crippen LogP contribution in [-0.4, -0.2) is 35.2 Å². The van der Waals surface area contributed by atoms with Crippen LogP contribution in [0.15, 0.2) is 18.2 Å². The van der Waals surface area contributed by atoms with Crippen molar-refractivity contribution in [1.82, 2.24) is 4.90 Å². The Morgan fingerprint density at radius 3 is 2.79 bits per heavy atom. The second-order valence-corrected chi connectivity index (χ2v) is 6.23. The maximum absolute atomic E-state index is 5.66. The minimum atomic E-state index is 0.0898. The Kier molecular flexibility index (Phi) is 4.23. The minimum Gasteiger partial charge on any atom is -0.389 e. The van der Waals surface area contributed by atoms with Crippen LogP contribution in [0.3, 0.4) is 0 Å². The van der Waals surface area contributed by atoms with Gasteiger partial charge in [-0.1, -0.05) is 24.4 Å². The van der Waals surface area contributed by atoms with Crippen LogP contribution in [0.2, 0.25) is 0 Å². The number of nitrogens with two attached hydrogens (primary N) is 1. The maximum Gasteiger partial charge on any atom is 0.103 e. The average molecular weight is 278 g/mol. The van der Waals surface area contributed by atoms with Crippen molar-refractivity contribution in [2.45, 2.75) is 32.9 Å². The van der Waals surface area contributed by atoms with E-state index in [2.05, 4.69) is 37.8 Å². The Bertz CT molecular complexity index is 485. The van der Waals surface area contributed by atoms with E-state index in [0.29, 0.717) is 4.99 Å². The summed E-state index contributed by atoms with van der Waals surface area (Å²) in [6.45, 7) is 10.1. The van der Waals surface area contributed by atoms with Crippen molar-refractivity contribution < 1.29 is 4.74 Å². The molecule has 1 aromatic carbocycles. The molecule has 0 bridgehead atoms. The van der Waals surface area contributed by atoms with E-state index < -0.39 is 0 Å². The van der Waals surface area contributed by atoms with E-state index >= 15 is 0 Å². The number of rotatable bonds is 3. The van der Waals surface area contributed by atoms with Gasteiger partial charge in [-0.25, -0.2) is 0 Å². The van der Waals surface area contributed by atoms with E-state index in [1.807, 2.05) is 6.07 Å². The molecule has 1 aliphatic rings. The topological polar surface area (TPSA) is 38.5 Å². The third kappa shape index (κ3) is 3.32. The zero-order chi connectivity index (χ0) is 14.0. The van der Waals surface area contributed by atoms with Gasteiger partial charge in [0.05, 0.1) is 13.2 Å². The molecular weight excluding hydrogens is 256 g/mol. The van der Waals surface area contributed by atoms with Crippen molar-refractivity contribution in [3.8, 4) is 0 Å². The van der Waals surface area contributed by atoms with Crippen LogP contribution in [0.4, 0.5) is 0 Å². The van der Waals surface area contributed by atoms with Crippen molar-refractivity contribution in [2.75, 3.05) is 19.8 Å². The molecular formula is C15H22N2OS. The maximum atomic E-state index is 5.66. The van der Waals surface area contributed by atoms with Crippen LogP contribution >= 0.6 is 12.2 Å². The first-order valence-corrected chi connectivity index (χ1v) is 7.03. The number of benzene rings is 1. The fourth-order valence-electron chi connectivity index (χ4n) is 2.42. The Labute approximate surface area is 120 Å². The predicted molar refractivity (Wildman–Crippen MR) is 82.4 cm³/mol. The van der Waals surface area contributed by atoms with Crippen molar-refractivity contribution in [3.05, 3.63) is 34.9 Å². The fourth-order valence-corrected chi connectivity index (χ4v) is 2.54. The molecule has 3 nitrogen and oxygen atoms in total. The lowest BCUT2D eigenvalue weighted by atomic mass is 9.99. The molecule has 0 atom stereocenters. The van der Waals surface area contributed by atoms with Gasteiger partial charge in [0.25, 0.3) is 0 Å². The van der Waals surface area contributed by atoms with Gasteiger partial charge in [0, 0.05) is 24.2 Å². The number of thiocarbonyl (C=S) groups is 1. The lowest BCUT2D eigenvalue weighted by Crippen LogP contribution is -2.52. The van der Waals surface area contributed by atoms with E-state index in [4.69, 9.17) is 22.7 Å². The highest BCUT2D eigenvalue weighted by Crippen LogP contribution is 2.23. The molecule has 1 heterocycles. The van der Waals surface area contributed by atoms with Gasteiger partial charge in [0.2, 0.25) is 0 Å². The van der Waals surface area contributed by atoms with E-state index in [1.54, 1.807) is 0 Å². The molecule has 2 rings (SSSR count). The van der Waals surface area contributed by atoms with Gasteiger partial charge in [-0.2, -0.15) is 0 Å². The highest BCUT2D eigenvalue weighted by Gasteiger charge is 2.30. The molecule has 19 heavy (non-hydrogen) atoms. The Morgan fingerprint density at radius 2 is 2.21 bits per heavy atom. The van der Waals surface area contributed by atoms with Crippen LogP contribution in [0.1, 0.15) is 30.5 Å². The smallest absolute Gasteiger partial charge is 0.103 e. The van der Waals surface area contributed by atoms with Gasteiger partial charge in [-0.05, 0) is 38.0 Å². The summed E-state index contributed by atoms with van der Waals surface area (Å²) in [7, 11) is 0. The number of hydrogen-bond acceptors (Lipinski definition) is 3. The molecule has 104 valence electrons. The number of hydrogen-bond donors (Lipinski definition) is 1. The van der Waals surface area contributed by atoms with E-state index in [1.165, 1.54) is 11.1 Å². The minimum absolute atomic E-state index is 0.0898. The van der Waals surface area contributed by atoms with E-state index in [9.17, 15) is 0 Å². The lowest BCUT2D eigenvalue weighted by molar-refractivity contribution is -0.0553. The monoisotopic (exact) mass is 278 g/mol. The first-order valence-electron chi connectivity index (χ1n) is 6.62. The average Bonchev–Trinajstić information content (AvgIpc) is 2.33. The largest absolute Gasteiger partial charge is 0.389 e. The zero-order valence-electron chi connectivity index (χ0n) is 11.9. The van der Waals surface area contributed by atoms with Gasteiger partial charge in [-0.15, -0.1) is 0 Å². The SMILES string of the molecule is Cc1cc(C(N)=S)ccc1CN1CCOCC1(C)C. The molecule has 1 aliphatic heterocycles. The summed E-state index contributed by atoms with van der Waals surface area (Å²) in [5.74, 6) is 0. The Hall–Kier alpha value is -0.970. The molecule has 0 radical (unpaired) electrons. The first kappa shape index (κ1) is 14.4. The third-order valence-corrected chi connectivity index (χ3v) is 4.04. The van der Waals surface area contributed by atoms with Crippen LogP contribution < -0.4 is 5.73 Å². The normalized spacial score (nSPS) is 19.3. The lowest BCUT2D eigenvalue weighted by Gasteiger charge is -2.42. The van der Waals surface area contributed by atoms with Crippen molar-refractivity contribution in [1.29, 1.82) is 0 Å². The summed E-state index contributed by atoms with van der Waals surface area (Å²) in [6, 6.07) is 6.22. The summed E-state index contributed by atoms with van der Waals surface area (Å²) in [5.41, 5.74) is 9.27. The molecule has 0 aliphatic carbocycles. The Balaban J connectivity index is 2.17. The van der Waals surface area contributed by atoms with Crippen LogP contribution in [0.25, 0.3) is 0 Å². The first-order chi connectivity index (χ1) is 8.90. The molecule has 0 aromatic heterocycles. The second-order valence-electron chi connectivity index (χ2n) is 5.79. The van der Waals surface area contributed by atoms with Gasteiger partial charge >= 0.3 is 0 Å². The summed E-state index contributed by atoms with van der Waals surface area (Å²) < 4.78 is 5.56. The number of nitrogens with zero attached hydrogens (tertiary/aromatic N) is 1. The van der Waals surface area contributed by atoms with Gasteiger partial charge < -0.3 is 10.5 Å². The summed E-state index contributed by atoms with van der Waals surface area (Å²) in [6.07, 6.45) is 0. The Morgan fingerprint density at radius 1 is 1.47 bits per heavy atom. The summed E-state index contributed by atoms with van der Waals surface area (Å²) in [5, 5.41) is 0. The predicted octanol–water partition coefficient (Wildman–Crippen LogP) is 2.24. The van der Waals surface area contributed by atoms with Crippen molar-refractivity contribution >= 4 is 17.2 Å². The van der Waals surface area contributed by atoms with Crippen LogP contribution in [0.5, 0.6) is 0 Å². The quantitative estimate of drug-likeness (QED) is 0.861. The highest BCUT2D eigenvalue weighted by molar-refractivity contribution is 7.80. The molecule has 4 heteroatoms. The molecule has 0 amide bonds. The zero-order valence-corrected chi connectivity index (χ0v) is 12.7. The molecule has 1 saturated heterocycles. The molecule has 0 unspecified atom stereocenters. The van der Waals surface area contributed by atoms with Gasteiger partial charge in [-0.3, -0.25) is 4.90 Å². The molecule has 1 aromatic rings. The van der Waals surface area contributed by atoms with Crippen molar-refractivity contribution in [2.24, 2.45) is 5.73 Å². The second kappa shape index (κ2) is 5.57. The third-order valence-electron chi connectivity index (χ3n) is 3.81. The number of ether oxygens (including phenoxy) is 1. The highest BCUT2D eigenvalue weighted by atomic mass is 32.1. The van der Waals surface area contributed by atoms with Crippen LogP contribution in [0, 0.1) is 6.92 Å². The number of aryl methyl sites for hydroxylation is 1. The van der Waals surface area contributed by atoms with Gasteiger partial charge in [0.15, 0.2) is 0 Å². The van der Waals surface area contributed by atoms with E-state index in [0.717, 1.165) is 31.9 Å². The van der Waals surface area contributed by atoms with Gasteiger partial charge in [0.1, 0.15) is 4.99 Å². The molecule has 2 N–H and O–H groups in total. The standard InChI is InChI=1S/C15H22N2OS/c1-11-8-12(14(16)19)4-5-13(11)9-17-6-7-18-10-15(17,2)3/h4-5,8H,6-7,9-10H2,1-3H3,(H2,16,19). The van der Waals surface area contributed by atoms with E-state index in [-0.39, 0.29) is 5.54 Å². The fraction of sp³-hybridized carbons (Fsp3) is 0.533. The molecule has 0 spiro atoms. The summed E-state index contributed by atoms with van der Waals surface area (Å²) in [4.78, 5) is 2.93. The molecule has 1 fully saturated rings.